The van der Waals surface area contributed by atoms with Crippen molar-refractivity contribution in [1.29, 1.82) is 0 Å². The van der Waals surface area contributed by atoms with Gasteiger partial charge in [-0.05, 0) is 72.8 Å². The van der Waals surface area contributed by atoms with Crippen LogP contribution in [0.5, 0.6) is 5.75 Å². The number of aromatic nitrogens is 4. The summed E-state index contributed by atoms with van der Waals surface area (Å²) in [5.74, 6) is 0.320. The summed E-state index contributed by atoms with van der Waals surface area (Å²) < 4.78 is 10.2. The van der Waals surface area contributed by atoms with Gasteiger partial charge in [0.05, 0.1) is 6.61 Å². The summed E-state index contributed by atoms with van der Waals surface area (Å²) in [5, 5.41) is 17.1. The molecule has 10 heteroatoms. The molecule has 0 aliphatic heterocycles. The Hall–Kier alpha value is -4.18. The van der Waals surface area contributed by atoms with E-state index in [1.807, 2.05) is 48.5 Å². The Morgan fingerprint density at radius 1 is 1.00 bits per heavy atom. The van der Waals surface area contributed by atoms with Crippen LogP contribution >= 0.6 is 11.8 Å². The van der Waals surface area contributed by atoms with Crippen molar-refractivity contribution in [3.63, 3.8) is 0 Å². The number of carbonyl (C=O) groups is 2. The second-order valence-corrected chi connectivity index (χ2v) is 8.05. The number of anilines is 1. The summed E-state index contributed by atoms with van der Waals surface area (Å²) in [6.45, 7) is 1.85. The Labute approximate surface area is 199 Å². The van der Waals surface area contributed by atoms with Crippen LogP contribution in [0.3, 0.4) is 0 Å². The summed E-state index contributed by atoms with van der Waals surface area (Å²) in [5.41, 5.74) is 2.02. The van der Waals surface area contributed by atoms with E-state index in [2.05, 4.69) is 25.9 Å². The van der Waals surface area contributed by atoms with E-state index < -0.39 is 5.97 Å². The first kappa shape index (κ1) is 23.0. The highest BCUT2D eigenvalue weighted by molar-refractivity contribution is 7.99. The smallest absolute Gasteiger partial charge is 0.344 e. The van der Waals surface area contributed by atoms with Crippen LogP contribution in [0, 0.1) is 0 Å². The minimum absolute atomic E-state index is 0.177. The lowest BCUT2D eigenvalue weighted by molar-refractivity contribution is -0.145. The molecule has 0 spiro atoms. The van der Waals surface area contributed by atoms with Gasteiger partial charge in [-0.3, -0.25) is 4.79 Å². The number of H-pyrrole nitrogens is 1. The van der Waals surface area contributed by atoms with E-state index in [1.165, 1.54) is 0 Å². The molecule has 0 bridgehead atoms. The molecule has 4 aromatic rings. The van der Waals surface area contributed by atoms with E-state index in [0.717, 1.165) is 15.4 Å². The van der Waals surface area contributed by atoms with E-state index in [0.29, 0.717) is 29.4 Å². The second-order valence-electron chi connectivity index (χ2n) is 6.93. The van der Waals surface area contributed by atoms with Gasteiger partial charge in [-0.2, -0.15) is 5.21 Å². The number of amides is 1. The van der Waals surface area contributed by atoms with Crippen LogP contribution in [-0.2, 0) is 9.53 Å². The zero-order valence-electron chi connectivity index (χ0n) is 18.2. The molecular weight excluding hydrogens is 454 g/mol. The van der Waals surface area contributed by atoms with Gasteiger partial charge in [0.1, 0.15) is 5.75 Å². The van der Waals surface area contributed by atoms with Gasteiger partial charge in [-0.25, -0.2) is 4.79 Å². The summed E-state index contributed by atoms with van der Waals surface area (Å²) >= 11 is 1.57. The summed E-state index contributed by atoms with van der Waals surface area (Å²) in [6, 6.07) is 21.9. The Kier molecular flexibility index (Phi) is 7.51. The first-order valence-corrected chi connectivity index (χ1v) is 11.2. The molecule has 172 valence electrons. The molecule has 1 amide bonds. The number of hydrogen-bond acceptors (Lipinski definition) is 8. The predicted octanol–water partition coefficient (Wildman–Crippen LogP) is 4.21. The van der Waals surface area contributed by atoms with Crippen LogP contribution in [0.15, 0.2) is 82.6 Å². The molecule has 0 atom stereocenters. The number of hydrogen-bond donors (Lipinski definition) is 2. The molecule has 9 nitrogen and oxygen atoms in total. The van der Waals surface area contributed by atoms with Crippen LogP contribution in [0.25, 0.3) is 11.4 Å². The lowest BCUT2D eigenvalue weighted by Crippen LogP contribution is -2.15. The quantitative estimate of drug-likeness (QED) is 0.346. The maximum Gasteiger partial charge on any atom is 0.344 e. The molecule has 0 aliphatic carbocycles. The van der Waals surface area contributed by atoms with Crippen LogP contribution in [-0.4, -0.2) is 45.7 Å². The Morgan fingerprint density at radius 3 is 2.47 bits per heavy atom. The van der Waals surface area contributed by atoms with Gasteiger partial charge in [0.15, 0.2) is 6.61 Å². The van der Waals surface area contributed by atoms with Gasteiger partial charge in [0, 0.05) is 26.6 Å². The third kappa shape index (κ3) is 5.99. The lowest BCUT2D eigenvalue weighted by Gasteiger charge is -2.09. The van der Waals surface area contributed by atoms with Gasteiger partial charge in [0.25, 0.3) is 5.91 Å². The van der Waals surface area contributed by atoms with Crippen LogP contribution in [0.2, 0.25) is 0 Å². The van der Waals surface area contributed by atoms with E-state index in [-0.39, 0.29) is 12.5 Å². The molecule has 34 heavy (non-hydrogen) atoms. The number of ether oxygens (including phenoxy) is 2. The fraction of sp³-hybridized carbons (Fsp3) is 0.125. The summed E-state index contributed by atoms with van der Waals surface area (Å²) in [4.78, 5) is 25.9. The molecule has 0 unspecified atom stereocenters. The number of carbonyl (C=O) groups excluding carboxylic acids is 2. The van der Waals surface area contributed by atoms with Crippen LogP contribution in [0.1, 0.15) is 17.3 Å². The molecule has 4 rings (SSSR count). The highest BCUT2D eigenvalue weighted by Crippen LogP contribution is 2.34. The number of benzene rings is 3. The fourth-order valence-electron chi connectivity index (χ4n) is 3.00. The molecule has 1 aromatic heterocycles. The monoisotopic (exact) mass is 475 g/mol. The minimum atomic E-state index is -0.441. The van der Waals surface area contributed by atoms with Crippen molar-refractivity contribution in [1.82, 2.24) is 20.6 Å². The predicted molar refractivity (Wildman–Crippen MR) is 127 cm³/mol. The molecule has 0 saturated carbocycles. The number of nitrogens with zero attached hydrogens (tertiary/aromatic N) is 3. The van der Waals surface area contributed by atoms with Gasteiger partial charge in [-0.1, -0.05) is 23.9 Å². The van der Waals surface area contributed by atoms with E-state index in [4.69, 9.17) is 9.47 Å². The normalized spacial score (nSPS) is 10.5. The number of tetrazole rings is 1. The molecular formula is C24H21N5O4S. The maximum atomic E-state index is 12.6. The highest BCUT2D eigenvalue weighted by atomic mass is 32.2. The van der Waals surface area contributed by atoms with Crippen molar-refractivity contribution in [2.45, 2.75) is 16.7 Å². The molecule has 0 fully saturated rings. The molecule has 1 heterocycles. The van der Waals surface area contributed by atoms with Gasteiger partial charge in [0.2, 0.25) is 5.82 Å². The van der Waals surface area contributed by atoms with Crippen molar-refractivity contribution < 1.29 is 19.1 Å². The van der Waals surface area contributed by atoms with E-state index >= 15 is 0 Å². The number of aromatic amines is 1. The van der Waals surface area contributed by atoms with E-state index in [1.54, 1.807) is 43.0 Å². The highest BCUT2D eigenvalue weighted by Gasteiger charge is 2.11. The van der Waals surface area contributed by atoms with Crippen molar-refractivity contribution in [3.8, 4) is 17.1 Å². The minimum Gasteiger partial charge on any atom is -0.482 e. The topological polar surface area (TPSA) is 119 Å². The van der Waals surface area contributed by atoms with Gasteiger partial charge >= 0.3 is 5.97 Å². The van der Waals surface area contributed by atoms with E-state index in [9.17, 15) is 9.59 Å². The maximum absolute atomic E-state index is 12.6. The third-order valence-corrected chi connectivity index (χ3v) is 5.68. The Balaban J connectivity index is 1.35. The summed E-state index contributed by atoms with van der Waals surface area (Å²) in [7, 11) is 0. The van der Waals surface area contributed by atoms with Gasteiger partial charge < -0.3 is 14.8 Å². The number of rotatable bonds is 9. The fourth-order valence-corrected chi connectivity index (χ4v) is 3.94. The molecule has 3 aromatic carbocycles. The standard InChI is InChI=1S/C24H21N5O4S/c1-2-32-22(30)15-33-18-11-7-16(8-12-18)24(31)25-17-9-13-19(14-10-17)34-21-6-4-3-5-20(21)23-26-28-29-27-23/h3-14H,2,15H2,1H3,(H,25,31)(H,26,27,28,29). The van der Waals surface area contributed by atoms with Crippen molar-refractivity contribution in [3.05, 3.63) is 78.4 Å². The number of esters is 1. The average molecular weight is 476 g/mol. The SMILES string of the molecule is CCOC(=O)COc1ccc(C(=O)Nc2ccc(Sc3ccccc3-c3nn[nH]n3)cc2)cc1. The first-order valence-electron chi connectivity index (χ1n) is 10.4. The van der Waals surface area contributed by atoms with Crippen LogP contribution in [0.4, 0.5) is 5.69 Å². The number of nitrogens with one attached hydrogen (secondary N) is 2. The molecule has 2 N–H and O–H groups in total. The zero-order chi connectivity index (χ0) is 23.8. The third-order valence-electron chi connectivity index (χ3n) is 4.59. The van der Waals surface area contributed by atoms with Crippen molar-refractivity contribution in [2.24, 2.45) is 0 Å². The molecule has 0 saturated heterocycles. The van der Waals surface area contributed by atoms with Crippen molar-refractivity contribution in [2.75, 3.05) is 18.5 Å². The summed E-state index contributed by atoms with van der Waals surface area (Å²) in [6.07, 6.45) is 0. The second kappa shape index (κ2) is 11.1. The van der Waals surface area contributed by atoms with Crippen LogP contribution < -0.4 is 10.1 Å². The molecule has 0 radical (unpaired) electrons. The lowest BCUT2D eigenvalue weighted by atomic mass is 10.2. The van der Waals surface area contributed by atoms with Crippen molar-refractivity contribution >= 4 is 29.3 Å². The first-order chi connectivity index (χ1) is 16.6. The molecule has 0 aliphatic rings. The zero-order valence-corrected chi connectivity index (χ0v) is 19.0. The Morgan fingerprint density at radius 2 is 1.76 bits per heavy atom. The largest absolute Gasteiger partial charge is 0.482 e. The Bertz CT molecular complexity index is 1250. The van der Waals surface area contributed by atoms with Gasteiger partial charge in [-0.15, -0.1) is 10.2 Å². The average Bonchev–Trinajstić information content (AvgIpc) is 3.40.